The summed E-state index contributed by atoms with van der Waals surface area (Å²) in [4.78, 5) is 14.3. The van der Waals surface area contributed by atoms with Gasteiger partial charge in [-0.25, -0.2) is 13.1 Å². The number of nitrogens with one attached hydrogen (secondary N) is 2. The third-order valence-electron chi connectivity index (χ3n) is 4.40. The number of carbonyl (C=O) groups excluding carboxylic acids is 1. The van der Waals surface area contributed by atoms with Crippen LogP contribution in [0, 0.1) is 0 Å². The summed E-state index contributed by atoms with van der Waals surface area (Å²) < 4.78 is 27.4. The SMILES string of the molecule is CC(C)NS(=O)(=O)c1cccc(CNC(=O)C(Sc2ccccc2)c2ccccc2)c1. The molecule has 0 heterocycles. The van der Waals surface area contributed by atoms with E-state index in [9.17, 15) is 13.2 Å². The summed E-state index contributed by atoms with van der Waals surface area (Å²) in [5.41, 5.74) is 1.63. The predicted octanol–water partition coefficient (Wildman–Crippen LogP) is 4.52. The first kappa shape index (κ1) is 23.1. The van der Waals surface area contributed by atoms with Crippen molar-refractivity contribution in [1.29, 1.82) is 0 Å². The van der Waals surface area contributed by atoms with Crippen LogP contribution in [-0.2, 0) is 21.4 Å². The molecule has 0 fully saturated rings. The van der Waals surface area contributed by atoms with E-state index in [1.165, 1.54) is 11.8 Å². The maximum Gasteiger partial charge on any atom is 0.240 e. The van der Waals surface area contributed by atoms with Crippen LogP contribution in [0.2, 0.25) is 0 Å². The van der Waals surface area contributed by atoms with Gasteiger partial charge in [-0.15, -0.1) is 11.8 Å². The van der Waals surface area contributed by atoms with Crippen molar-refractivity contribution in [3.8, 4) is 0 Å². The molecule has 0 bridgehead atoms. The molecule has 162 valence electrons. The zero-order valence-electron chi connectivity index (χ0n) is 17.5. The van der Waals surface area contributed by atoms with Crippen molar-refractivity contribution in [2.75, 3.05) is 0 Å². The Balaban J connectivity index is 1.75. The van der Waals surface area contributed by atoms with E-state index in [-0.39, 0.29) is 23.4 Å². The highest BCUT2D eigenvalue weighted by atomic mass is 32.2. The van der Waals surface area contributed by atoms with Crippen molar-refractivity contribution in [3.05, 3.63) is 96.1 Å². The lowest BCUT2D eigenvalue weighted by Gasteiger charge is -2.17. The molecule has 3 aromatic carbocycles. The van der Waals surface area contributed by atoms with Crippen LogP contribution in [0.5, 0.6) is 0 Å². The lowest BCUT2D eigenvalue weighted by Crippen LogP contribution is -2.30. The Labute approximate surface area is 188 Å². The van der Waals surface area contributed by atoms with Crippen LogP contribution in [0.4, 0.5) is 0 Å². The Kier molecular flexibility index (Phi) is 7.90. The summed E-state index contributed by atoms with van der Waals surface area (Å²) in [6.45, 7) is 3.79. The molecule has 0 aromatic heterocycles. The average Bonchev–Trinajstić information content (AvgIpc) is 2.76. The zero-order chi connectivity index (χ0) is 22.3. The maximum atomic E-state index is 13.1. The first-order chi connectivity index (χ1) is 14.8. The first-order valence-corrected chi connectivity index (χ1v) is 12.4. The molecule has 5 nitrogen and oxygen atoms in total. The summed E-state index contributed by atoms with van der Waals surface area (Å²) in [7, 11) is -3.59. The van der Waals surface area contributed by atoms with Gasteiger partial charge in [0.25, 0.3) is 0 Å². The molecule has 1 atom stereocenters. The monoisotopic (exact) mass is 454 g/mol. The molecule has 0 spiro atoms. The maximum absolute atomic E-state index is 13.1. The Hall–Kier alpha value is -2.61. The van der Waals surface area contributed by atoms with E-state index >= 15 is 0 Å². The Morgan fingerprint density at radius 1 is 0.903 bits per heavy atom. The summed E-state index contributed by atoms with van der Waals surface area (Å²) in [6.07, 6.45) is 0. The Morgan fingerprint density at radius 3 is 2.19 bits per heavy atom. The number of hydrogen-bond acceptors (Lipinski definition) is 4. The number of rotatable bonds is 9. The van der Waals surface area contributed by atoms with Gasteiger partial charge in [0.15, 0.2) is 0 Å². The molecule has 31 heavy (non-hydrogen) atoms. The van der Waals surface area contributed by atoms with E-state index in [2.05, 4.69) is 10.0 Å². The number of thioether (sulfide) groups is 1. The van der Waals surface area contributed by atoms with Crippen molar-refractivity contribution in [2.24, 2.45) is 0 Å². The summed E-state index contributed by atoms with van der Waals surface area (Å²) in [5.74, 6) is -0.131. The molecule has 0 saturated carbocycles. The molecule has 0 aliphatic carbocycles. The van der Waals surface area contributed by atoms with E-state index in [1.807, 2.05) is 60.7 Å². The second-order valence-electron chi connectivity index (χ2n) is 7.36. The van der Waals surface area contributed by atoms with Crippen molar-refractivity contribution in [3.63, 3.8) is 0 Å². The summed E-state index contributed by atoms with van der Waals surface area (Å²) >= 11 is 1.48. The molecule has 7 heteroatoms. The van der Waals surface area contributed by atoms with Gasteiger partial charge in [0.05, 0.1) is 4.90 Å². The minimum atomic E-state index is -3.59. The van der Waals surface area contributed by atoms with Crippen LogP contribution >= 0.6 is 11.8 Å². The lowest BCUT2D eigenvalue weighted by atomic mass is 10.1. The normalized spacial score (nSPS) is 12.5. The largest absolute Gasteiger partial charge is 0.351 e. The fourth-order valence-corrected chi connectivity index (χ4v) is 5.41. The molecule has 1 amide bonds. The minimum absolute atomic E-state index is 0.131. The third-order valence-corrected chi connectivity index (χ3v) is 7.33. The summed E-state index contributed by atoms with van der Waals surface area (Å²) in [5, 5.41) is 2.54. The second-order valence-corrected chi connectivity index (χ2v) is 10.3. The van der Waals surface area contributed by atoms with Gasteiger partial charge in [0, 0.05) is 17.5 Å². The van der Waals surface area contributed by atoms with Crippen molar-refractivity contribution < 1.29 is 13.2 Å². The van der Waals surface area contributed by atoms with E-state index < -0.39 is 15.3 Å². The van der Waals surface area contributed by atoms with E-state index in [4.69, 9.17) is 0 Å². The number of hydrogen-bond donors (Lipinski definition) is 2. The Bertz CT molecular complexity index is 1100. The van der Waals surface area contributed by atoms with Crippen LogP contribution < -0.4 is 10.0 Å². The second kappa shape index (κ2) is 10.6. The molecule has 1 unspecified atom stereocenters. The van der Waals surface area contributed by atoms with Crippen LogP contribution in [0.25, 0.3) is 0 Å². The minimum Gasteiger partial charge on any atom is -0.351 e. The standard InChI is InChI=1S/C24H26N2O3S2/c1-18(2)26-31(28,29)22-15-9-10-19(16-22)17-25-24(27)23(20-11-5-3-6-12-20)30-21-13-7-4-8-14-21/h3-16,18,23,26H,17H2,1-2H3,(H,25,27). The van der Waals surface area contributed by atoms with Crippen LogP contribution in [0.1, 0.15) is 30.2 Å². The molecule has 0 aliphatic heterocycles. The quantitative estimate of drug-likeness (QED) is 0.466. The van der Waals surface area contributed by atoms with Gasteiger partial charge < -0.3 is 5.32 Å². The number of carbonyl (C=O) groups is 1. The van der Waals surface area contributed by atoms with Gasteiger partial charge in [-0.2, -0.15) is 0 Å². The number of benzene rings is 3. The van der Waals surface area contributed by atoms with Gasteiger partial charge in [0.1, 0.15) is 5.25 Å². The van der Waals surface area contributed by atoms with Gasteiger partial charge in [-0.3, -0.25) is 4.79 Å². The van der Waals surface area contributed by atoms with E-state index in [1.54, 1.807) is 38.1 Å². The van der Waals surface area contributed by atoms with Gasteiger partial charge in [0.2, 0.25) is 15.9 Å². The molecule has 0 aliphatic rings. The van der Waals surface area contributed by atoms with Crippen molar-refractivity contribution in [1.82, 2.24) is 10.0 Å². The molecular formula is C24H26N2O3S2. The van der Waals surface area contributed by atoms with E-state index in [0.29, 0.717) is 0 Å². The van der Waals surface area contributed by atoms with Crippen LogP contribution in [0.3, 0.4) is 0 Å². The highest BCUT2D eigenvalue weighted by Crippen LogP contribution is 2.35. The Morgan fingerprint density at radius 2 is 1.55 bits per heavy atom. The van der Waals surface area contributed by atoms with Crippen molar-refractivity contribution >= 4 is 27.7 Å². The lowest BCUT2D eigenvalue weighted by molar-refractivity contribution is -0.120. The highest BCUT2D eigenvalue weighted by molar-refractivity contribution is 8.00. The molecule has 2 N–H and O–H groups in total. The van der Waals surface area contributed by atoms with Crippen LogP contribution in [0.15, 0.2) is 94.7 Å². The fraction of sp³-hybridized carbons (Fsp3) is 0.208. The molecule has 3 aromatic rings. The highest BCUT2D eigenvalue weighted by Gasteiger charge is 2.22. The summed E-state index contributed by atoms with van der Waals surface area (Å²) in [6, 6.07) is 25.8. The molecule has 3 rings (SSSR count). The fourth-order valence-electron chi connectivity index (χ4n) is 3.02. The smallest absolute Gasteiger partial charge is 0.240 e. The third kappa shape index (κ3) is 6.69. The zero-order valence-corrected chi connectivity index (χ0v) is 19.1. The molecular weight excluding hydrogens is 428 g/mol. The van der Waals surface area contributed by atoms with Crippen LogP contribution in [-0.4, -0.2) is 20.4 Å². The first-order valence-electron chi connectivity index (χ1n) is 10.0. The number of amides is 1. The van der Waals surface area contributed by atoms with E-state index in [0.717, 1.165) is 16.0 Å². The molecule has 0 saturated heterocycles. The van der Waals surface area contributed by atoms with Gasteiger partial charge in [-0.1, -0.05) is 60.7 Å². The number of sulfonamides is 1. The molecule has 0 radical (unpaired) electrons. The average molecular weight is 455 g/mol. The predicted molar refractivity (Wildman–Crippen MR) is 125 cm³/mol. The topological polar surface area (TPSA) is 75.3 Å². The van der Waals surface area contributed by atoms with Crippen molar-refractivity contribution in [2.45, 2.75) is 41.5 Å². The van der Waals surface area contributed by atoms with Gasteiger partial charge >= 0.3 is 0 Å². The van der Waals surface area contributed by atoms with Gasteiger partial charge in [-0.05, 0) is 49.2 Å².